The predicted molar refractivity (Wildman–Crippen MR) is 87.1 cm³/mol. The Bertz CT molecular complexity index is 633. The van der Waals surface area contributed by atoms with Gasteiger partial charge < -0.3 is 0 Å². The van der Waals surface area contributed by atoms with Crippen LogP contribution < -0.4 is 0 Å². The van der Waals surface area contributed by atoms with Gasteiger partial charge in [0.1, 0.15) is 5.82 Å². The highest BCUT2D eigenvalue weighted by Crippen LogP contribution is 2.32. The molecule has 1 aromatic rings. The van der Waals surface area contributed by atoms with Crippen LogP contribution in [0, 0.1) is 11.7 Å². The fraction of sp³-hybridized carbons (Fsp3) is 0.429. The molecule has 0 radical (unpaired) electrons. The zero-order valence-corrected chi connectivity index (χ0v) is 14.6. The van der Waals surface area contributed by atoms with Crippen LogP contribution in [0.15, 0.2) is 26.6 Å². The van der Waals surface area contributed by atoms with E-state index < -0.39 is 11.7 Å². The van der Waals surface area contributed by atoms with E-state index in [1.54, 1.807) is 0 Å². The zero-order chi connectivity index (χ0) is 16.7. The Morgan fingerprint density at radius 3 is 2.77 bits per heavy atom. The molecular formula is C14H15BrFN3O2S. The molecule has 1 unspecified atom stereocenters. The summed E-state index contributed by atoms with van der Waals surface area (Å²) in [7, 11) is 0. The molecule has 0 saturated carbocycles. The van der Waals surface area contributed by atoms with Gasteiger partial charge in [0, 0.05) is 20.7 Å². The van der Waals surface area contributed by atoms with Crippen molar-refractivity contribution in [3.8, 4) is 0 Å². The molecule has 0 heterocycles. The van der Waals surface area contributed by atoms with Crippen molar-refractivity contribution >= 4 is 38.7 Å². The monoisotopic (exact) mass is 387 g/mol. The fourth-order valence-corrected chi connectivity index (χ4v) is 2.96. The first-order valence-electron chi connectivity index (χ1n) is 6.68. The summed E-state index contributed by atoms with van der Waals surface area (Å²) < 4.78 is 14.1. The smallest absolute Gasteiger partial charge is 0.252 e. The molecule has 0 bridgehead atoms. The number of nitrogens with zero attached hydrogens (tertiary/aromatic N) is 3. The lowest BCUT2D eigenvalue weighted by Gasteiger charge is -2.09. The highest BCUT2D eigenvalue weighted by molar-refractivity contribution is 9.10. The Morgan fingerprint density at radius 2 is 2.18 bits per heavy atom. The van der Waals surface area contributed by atoms with E-state index in [0.717, 1.165) is 30.7 Å². The fourth-order valence-electron chi connectivity index (χ4n) is 1.61. The Kier molecular flexibility index (Phi) is 7.58. The molecule has 1 amide bonds. The topological polar surface area (TPSA) is 82.9 Å². The molecule has 0 aliphatic carbocycles. The minimum Gasteiger partial charge on any atom is -0.287 e. The summed E-state index contributed by atoms with van der Waals surface area (Å²) in [4.78, 5) is 26.2. The van der Waals surface area contributed by atoms with Crippen molar-refractivity contribution in [2.75, 3.05) is 0 Å². The van der Waals surface area contributed by atoms with E-state index in [-0.39, 0.29) is 10.7 Å². The van der Waals surface area contributed by atoms with Gasteiger partial charge in [-0.3, -0.25) is 9.59 Å². The molecule has 1 aromatic carbocycles. The third kappa shape index (κ3) is 5.44. The van der Waals surface area contributed by atoms with Gasteiger partial charge in [-0.15, -0.1) is 0 Å². The van der Waals surface area contributed by atoms with Gasteiger partial charge in [0.25, 0.3) is 5.91 Å². The Labute approximate surface area is 140 Å². The Hall–Kier alpha value is -1.37. The SMILES string of the molecule is CCC(C)CCC(=O)Sc1cc(C(=O)N=[N+]=[N-])c(F)cc1Br. The summed E-state index contributed by atoms with van der Waals surface area (Å²) in [5.41, 5.74) is 7.90. The number of hydrogen-bond acceptors (Lipinski definition) is 3. The van der Waals surface area contributed by atoms with Crippen molar-refractivity contribution in [3.63, 3.8) is 0 Å². The van der Waals surface area contributed by atoms with Gasteiger partial charge in [-0.1, -0.05) is 32.0 Å². The number of carbonyl (C=O) groups excluding carboxylic acids is 2. The van der Waals surface area contributed by atoms with E-state index in [4.69, 9.17) is 5.53 Å². The molecule has 0 saturated heterocycles. The van der Waals surface area contributed by atoms with E-state index in [0.29, 0.717) is 21.7 Å². The molecule has 0 spiro atoms. The molecular weight excluding hydrogens is 373 g/mol. The lowest BCUT2D eigenvalue weighted by Crippen LogP contribution is -2.01. The molecule has 0 N–H and O–H groups in total. The zero-order valence-electron chi connectivity index (χ0n) is 12.2. The molecule has 22 heavy (non-hydrogen) atoms. The van der Waals surface area contributed by atoms with E-state index in [9.17, 15) is 14.0 Å². The van der Waals surface area contributed by atoms with E-state index in [1.807, 2.05) is 0 Å². The van der Waals surface area contributed by atoms with Crippen LogP contribution in [0.3, 0.4) is 0 Å². The number of thioether (sulfide) groups is 1. The van der Waals surface area contributed by atoms with Crippen molar-refractivity contribution in [1.82, 2.24) is 0 Å². The number of rotatable bonds is 6. The average molecular weight is 388 g/mol. The quantitative estimate of drug-likeness (QED) is 0.280. The number of azide groups is 1. The van der Waals surface area contributed by atoms with Crippen LogP contribution in [-0.2, 0) is 4.79 Å². The molecule has 0 fully saturated rings. The molecule has 0 aromatic heterocycles. The normalized spacial score (nSPS) is 11.6. The van der Waals surface area contributed by atoms with Gasteiger partial charge in [0.05, 0.1) is 5.56 Å². The second-order valence-corrected chi connectivity index (χ2v) is 6.74. The minimum absolute atomic E-state index is 0.0604. The first-order valence-corrected chi connectivity index (χ1v) is 8.29. The average Bonchev–Trinajstić information content (AvgIpc) is 2.47. The van der Waals surface area contributed by atoms with Gasteiger partial charge in [-0.05, 0) is 51.0 Å². The summed E-state index contributed by atoms with van der Waals surface area (Å²) in [5.74, 6) is -1.36. The maximum Gasteiger partial charge on any atom is 0.252 e. The van der Waals surface area contributed by atoms with Crippen LogP contribution in [0.25, 0.3) is 10.4 Å². The number of carbonyl (C=O) groups is 2. The third-order valence-corrected chi connectivity index (χ3v) is 5.06. The van der Waals surface area contributed by atoms with Crippen LogP contribution in [0.4, 0.5) is 4.39 Å². The van der Waals surface area contributed by atoms with E-state index >= 15 is 0 Å². The van der Waals surface area contributed by atoms with Crippen LogP contribution in [0.1, 0.15) is 43.5 Å². The van der Waals surface area contributed by atoms with Crippen molar-refractivity contribution in [2.24, 2.45) is 11.0 Å². The molecule has 8 heteroatoms. The number of benzene rings is 1. The first-order chi connectivity index (χ1) is 10.4. The largest absolute Gasteiger partial charge is 0.287 e. The van der Waals surface area contributed by atoms with Crippen molar-refractivity contribution < 1.29 is 14.0 Å². The predicted octanol–water partition coefficient (Wildman–Crippen LogP) is 5.48. The van der Waals surface area contributed by atoms with Crippen LogP contribution in [0.5, 0.6) is 0 Å². The molecule has 0 aliphatic heterocycles. The number of amides is 1. The van der Waals surface area contributed by atoms with Crippen LogP contribution >= 0.6 is 27.7 Å². The molecule has 1 rings (SSSR count). The van der Waals surface area contributed by atoms with Crippen molar-refractivity contribution in [1.29, 1.82) is 0 Å². The maximum atomic E-state index is 13.7. The van der Waals surface area contributed by atoms with Gasteiger partial charge in [-0.2, -0.15) is 0 Å². The summed E-state index contributed by atoms with van der Waals surface area (Å²) in [6.45, 7) is 4.13. The lowest BCUT2D eigenvalue weighted by atomic mass is 10.0. The van der Waals surface area contributed by atoms with Gasteiger partial charge >= 0.3 is 0 Å². The van der Waals surface area contributed by atoms with Gasteiger partial charge in [0.15, 0.2) is 5.12 Å². The van der Waals surface area contributed by atoms with Crippen molar-refractivity contribution in [3.05, 3.63) is 38.4 Å². The van der Waals surface area contributed by atoms with Crippen molar-refractivity contribution in [2.45, 2.75) is 38.0 Å². The minimum atomic E-state index is -1.01. The number of halogens is 2. The highest BCUT2D eigenvalue weighted by atomic mass is 79.9. The van der Waals surface area contributed by atoms with Gasteiger partial charge in [-0.25, -0.2) is 4.39 Å². The van der Waals surface area contributed by atoms with Crippen LogP contribution in [-0.4, -0.2) is 11.0 Å². The standard InChI is InChI=1S/C14H15BrFN3O2S/c1-3-8(2)4-5-13(20)22-12-6-9(14(21)18-19-17)11(16)7-10(12)15/h6-8H,3-5H2,1-2H3. The van der Waals surface area contributed by atoms with E-state index in [1.165, 1.54) is 6.07 Å². The second-order valence-electron chi connectivity index (χ2n) is 4.78. The molecule has 5 nitrogen and oxygen atoms in total. The van der Waals surface area contributed by atoms with Gasteiger partial charge in [0.2, 0.25) is 0 Å². The summed E-state index contributed by atoms with van der Waals surface area (Å²) in [6.07, 6.45) is 2.19. The Balaban J connectivity index is 2.90. The van der Waals surface area contributed by atoms with Crippen LogP contribution in [0.2, 0.25) is 0 Å². The Morgan fingerprint density at radius 1 is 1.50 bits per heavy atom. The second kappa shape index (κ2) is 8.92. The maximum absolute atomic E-state index is 13.7. The lowest BCUT2D eigenvalue weighted by molar-refractivity contribution is -0.111. The summed E-state index contributed by atoms with van der Waals surface area (Å²) in [5, 5.41) is 2.81. The number of hydrogen-bond donors (Lipinski definition) is 0. The van der Waals surface area contributed by atoms with E-state index in [2.05, 4.69) is 39.8 Å². The summed E-state index contributed by atoms with van der Waals surface area (Å²) in [6, 6.07) is 2.31. The highest BCUT2D eigenvalue weighted by Gasteiger charge is 2.16. The first kappa shape index (κ1) is 18.7. The summed E-state index contributed by atoms with van der Waals surface area (Å²) >= 11 is 4.11. The molecule has 1 atom stereocenters. The molecule has 118 valence electrons. The third-order valence-electron chi connectivity index (χ3n) is 3.15. The molecule has 0 aliphatic rings.